The van der Waals surface area contributed by atoms with E-state index in [1.165, 1.54) is 31.3 Å². The lowest BCUT2D eigenvalue weighted by atomic mass is 9.92. The fourth-order valence-corrected chi connectivity index (χ4v) is 1.31. The normalized spacial score (nSPS) is 22.6. The van der Waals surface area contributed by atoms with E-state index in [1.54, 1.807) is 0 Å². The molecule has 1 fully saturated rings. The summed E-state index contributed by atoms with van der Waals surface area (Å²) < 4.78 is 0. The number of hydrogen-bond acceptors (Lipinski definition) is 1. The molecule has 1 saturated carbocycles. The Hall–Kier alpha value is -0.300. The van der Waals surface area contributed by atoms with Crippen LogP contribution in [0.4, 0.5) is 0 Å². The van der Waals surface area contributed by atoms with Crippen molar-refractivity contribution in [2.75, 3.05) is 7.05 Å². The van der Waals surface area contributed by atoms with Crippen molar-refractivity contribution in [1.29, 1.82) is 0 Å². The molecule has 0 aromatic carbocycles. The first-order chi connectivity index (χ1) is 4.33. The molecule has 0 spiro atoms. The molecule has 0 atom stereocenters. The van der Waals surface area contributed by atoms with Gasteiger partial charge >= 0.3 is 0 Å². The molecule has 52 valence electrons. The maximum Gasteiger partial charge on any atom is 0.00701 e. The van der Waals surface area contributed by atoms with Gasteiger partial charge in [0.2, 0.25) is 0 Å². The van der Waals surface area contributed by atoms with Gasteiger partial charge in [0.15, 0.2) is 0 Å². The lowest BCUT2D eigenvalue weighted by Gasteiger charge is -2.22. The summed E-state index contributed by atoms with van der Waals surface area (Å²) in [4.78, 5) is 0. The highest BCUT2D eigenvalue weighted by atomic mass is 14.9. The topological polar surface area (TPSA) is 12.0 Å². The molecule has 0 aliphatic heterocycles. The van der Waals surface area contributed by atoms with Gasteiger partial charge in [-0.15, -0.1) is 0 Å². The fraction of sp³-hybridized carbons (Fsp3) is 0.750. The zero-order valence-corrected chi connectivity index (χ0v) is 6.11. The van der Waals surface area contributed by atoms with Gasteiger partial charge in [0, 0.05) is 6.04 Å². The van der Waals surface area contributed by atoms with Gasteiger partial charge in [0.05, 0.1) is 0 Å². The molecule has 0 bridgehead atoms. The van der Waals surface area contributed by atoms with E-state index >= 15 is 0 Å². The molecule has 0 aromatic heterocycles. The second-order valence-electron chi connectivity index (χ2n) is 2.81. The predicted octanol–water partition coefficient (Wildman–Crippen LogP) is 1.70. The molecule has 0 amide bonds. The summed E-state index contributed by atoms with van der Waals surface area (Å²) in [6.07, 6.45) is 5.03. The van der Waals surface area contributed by atoms with Crippen molar-refractivity contribution >= 4 is 0 Å². The van der Waals surface area contributed by atoms with Gasteiger partial charge in [-0.05, 0) is 32.7 Å². The Morgan fingerprint density at radius 3 is 2.44 bits per heavy atom. The maximum atomic E-state index is 3.96. The minimum absolute atomic E-state index is 0.760. The van der Waals surface area contributed by atoms with Crippen molar-refractivity contribution in [2.45, 2.75) is 31.7 Å². The van der Waals surface area contributed by atoms with Crippen LogP contribution in [-0.2, 0) is 0 Å². The van der Waals surface area contributed by atoms with Crippen LogP contribution >= 0.6 is 0 Å². The van der Waals surface area contributed by atoms with Crippen LogP contribution in [0, 0.1) is 0 Å². The van der Waals surface area contributed by atoms with Gasteiger partial charge in [0.1, 0.15) is 0 Å². The Bertz CT molecular complexity index is 97.1. The summed E-state index contributed by atoms with van der Waals surface area (Å²) >= 11 is 0. The van der Waals surface area contributed by atoms with Gasteiger partial charge in [-0.1, -0.05) is 12.2 Å². The SMILES string of the molecule is C=C1CCC(NC)CC1. The molecular weight excluding hydrogens is 110 g/mol. The predicted molar refractivity (Wildman–Crippen MR) is 40.5 cm³/mol. The Morgan fingerprint density at radius 2 is 2.00 bits per heavy atom. The van der Waals surface area contributed by atoms with Crippen LogP contribution in [0.15, 0.2) is 12.2 Å². The van der Waals surface area contributed by atoms with Gasteiger partial charge in [0.25, 0.3) is 0 Å². The summed E-state index contributed by atoms with van der Waals surface area (Å²) in [6, 6.07) is 0.760. The molecule has 1 aliphatic carbocycles. The van der Waals surface area contributed by atoms with Crippen LogP contribution in [0.2, 0.25) is 0 Å². The van der Waals surface area contributed by atoms with Gasteiger partial charge in [-0.3, -0.25) is 0 Å². The van der Waals surface area contributed by atoms with Crippen LogP contribution in [0.3, 0.4) is 0 Å². The van der Waals surface area contributed by atoms with E-state index in [0.29, 0.717) is 0 Å². The Labute approximate surface area is 57.1 Å². The van der Waals surface area contributed by atoms with E-state index in [0.717, 1.165) is 6.04 Å². The third-order valence-corrected chi connectivity index (χ3v) is 2.10. The van der Waals surface area contributed by atoms with Crippen molar-refractivity contribution in [3.8, 4) is 0 Å². The molecule has 0 radical (unpaired) electrons. The monoisotopic (exact) mass is 125 g/mol. The molecular formula is C8H15N. The van der Waals surface area contributed by atoms with E-state index in [9.17, 15) is 0 Å². The Balaban J connectivity index is 2.26. The van der Waals surface area contributed by atoms with Crippen LogP contribution < -0.4 is 5.32 Å². The molecule has 0 saturated heterocycles. The maximum absolute atomic E-state index is 3.96. The Kier molecular flexibility index (Phi) is 2.29. The van der Waals surface area contributed by atoms with Crippen LogP contribution in [0.5, 0.6) is 0 Å². The van der Waals surface area contributed by atoms with E-state index in [4.69, 9.17) is 0 Å². The Morgan fingerprint density at radius 1 is 1.44 bits per heavy atom. The first-order valence-corrected chi connectivity index (χ1v) is 3.67. The standard InChI is InChI=1S/C8H15N/c1-7-3-5-8(9-2)6-4-7/h8-9H,1,3-6H2,2H3. The van der Waals surface area contributed by atoms with Crippen molar-refractivity contribution in [2.24, 2.45) is 0 Å². The summed E-state index contributed by atoms with van der Waals surface area (Å²) in [6.45, 7) is 3.96. The quantitative estimate of drug-likeness (QED) is 0.526. The zero-order valence-electron chi connectivity index (χ0n) is 6.11. The number of nitrogens with one attached hydrogen (secondary N) is 1. The largest absolute Gasteiger partial charge is 0.317 e. The molecule has 1 aliphatic rings. The molecule has 0 heterocycles. The van der Waals surface area contributed by atoms with Crippen molar-refractivity contribution in [3.05, 3.63) is 12.2 Å². The number of rotatable bonds is 1. The first kappa shape index (κ1) is 6.81. The highest BCUT2D eigenvalue weighted by Crippen LogP contribution is 2.20. The summed E-state index contributed by atoms with van der Waals surface area (Å²) in [5.41, 5.74) is 1.43. The summed E-state index contributed by atoms with van der Waals surface area (Å²) in [7, 11) is 2.04. The average Bonchev–Trinajstić information content (AvgIpc) is 1.90. The van der Waals surface area contributed by atoms with Crippen LogP contribution in [-0.4, -0.2) is 13.1 Å². The second kappa shape index (κ2) is 3.02. The number of hydrogen-bond donors (Lipinski definition) is 1. The molecule has 1 rings (SSSR count). The molecule has 0 aromatic rings. The molecule has 1 nitrogen and oxygen atoms in total. The van der Waals surface area contributed by atoms with Gasteiger partial charge in [-0.2, -0.15) is 0 Å². The van der Waals surface area contributed by atoms with Crippen molar-refractivity contribution < 1.29 is 0 Å². The van der Waals surface area contributed by atoms with Crippen LogP contribution in [0.1, 0.15) is 25.7 Å². The van der Waals surface area contributed by atoms with E-state index < -0.39 is 0 Å². The first-order valence-electron chi connectivity index (χ1n) is 3.67. The molecule has 1 N–H and O–H groups in total. The van der Waals surface area contributed by atoms with Crippen molar-refractivity contribution in [3.63, 3.8) is 0 Å². The lowest BCUT2D eigenvalue weighted by Crippen LogP contribution is -2.27. The third kappa shape index (κ3) is 1.83. The average molecular weight is 125 g/mol. The van der Waals surface area contributed by atoms with Crippen LogP contribution in [0.25, 0.3) is 0 Å². The second-order valence-corrected chi connectivity index (χ2v) is 2.81. The summed E-state index contributed by atoms with van der Waals surface area (Å²) in [5.74, 6) is 0. The highest BCUT2D eigenvalue weighted by molar-refractivity contribution is 4.99. The van der Waals surface area contributed by atoms with E-state index in [2.05, 4.69) is 11.9 Å². The highest BCUT2D eigenvalue weighted by Gasteiger charge is 2.12. The minimum Gasteiger partial charge on any atom is -0.317 e. The third-order valence-electron chi connectivity index (χ3n) is 2.10. The smallest absolute Gasteiger partial charge is 0.00701 e. The zero-order chi connectivity index (χ0) is 6.69. The summed E-state index contributed by atoms with van der Waals surface area (Å²) in [5, 5.41) is 3.28. The fourth-order valence-electron chi connectivity index (χ4n) is 1.31. The molecule has 9 heavy (non-hydrogen) atoms. The van der Waals surface area contributed by atoms with Gasteiger partial charge in [-0.25, -0.2) is 0 Å². The minimum atomic E-state index is 0.760. The lowest BCUT2D eigenvalue weighted by molar-refractivity contribution is 0.448. The van der Waals surface area contributed by atoms with Gasteiger partial charge < -0.3 is 5.32 Å². The van der Waals surface area contributed by atoms with E-state index in [1.807, 2.05) is 7.05 Å². The molecule has 0 unspecified atom stereocenters. The number of allylic oxidation sites excluding steroid dienone is 1. The van der Waals surface area contributed by atoms with E-state index in [-0.39, 0.29) is 0 Å². The van der Waals surface area contributed by atoms with Crippen molar-refractivity contribution in [1.82, 2.24) is 5.32 Å². The molecule has 1 heteroatoms.